The van der Waals surface area contributed by atoms with Crippen molar-refractivity contribution in [1.82, 2.24) is 29.4 Å². The predicted octanol–water partition coefficient (Wildman–Crippen LogP) is 16.5. The highest BCUT2D eigenvalue weighted by atomic mass is 16.7. The molecule has 0 rings (SSSR count). The summed E-state index contributed by atoms with van der Waals surface area (Å²) in [4.78, 5) is 68.3. The van der Waals surface area contributed by atoms with Crippen LogP contribution in [0.3, 0.4) is 0 Å². The van der Waals surface area contributed by atoms with Crippen molar-refractivity contribution >= 4 is 52.0 Å². The smallest absolute Gasteiger partial charge is 0.140 e. The van der Waals surface area contributed by atoms with Crippen LogP contribution in [0.4, 0.5) is 0 Å². The number of nitriles is 4. The van der Waals surface area contributed by atoms with E-state index in [-0.39, 0.29) is 134 Å². The van der Waals surface area contributed by atoms with E-state index in [1.54, 1.807) is 24.9 Å². The molecular formula is C83H194N14O16. The molecule has 0 aliphatic rings. The molecule has 30 heteroatoms. The molecule has 0 saturated heterocycles. The SMILES string of the molecule is C.C.C.C.C.C.C.C.C.C.C.C.C.C.C.C.C.C.C=O.C=O.C=O.C=O.CCC=NOCCOCCN(CCOCCON=CCC)CCN(CCN(CCOCCON=CCC)CCOCCON=CCC)CN(CCN(CCCOCCC#N)CCCOCCC#N)CCN(CCCOCCC#N)CCCOCCC#N. The second-order valence-corrected chi connectivity index (χ2v) is 19.8. The van der Waals surface area contributed by atoms with Crippen molar-refractivity contribution in [2.45, 2.75) is 238 Å². The van der Waals surface area contributed by atoms with Crippen LogP contribution in [0.1, 0.15) is 238 Å². The van der Waals surface area contributed by atoms with E-state index in [2.05, 4.69) is 74.3 Å². The van der Waals surface area contributed by atoms with Gasteiger partial charge in [0.25, 0.3) is 0 Å². The molecule has 0 aromatic heterocycles. The van der Waals surface area contributed by atoms with E-state index in [9.17, 15) is 0 Å². The standard InChI is InChI=1S/C61H114N14O12.4CH2O.18CH4/c1-5-21-66-84-57-53-80-49-37-72(38-50-81-54-58-85-67-22-6-2)31-35-75(36-32-73(39-51-82-55-59-86-68-23-7-3)40-52-83-56-60-87-69-24-8-4)61-74(33-29-70(25-13-45-76-41-9-17-62)26-14-46-77-42-10-18-63)34-30-71(27-15-47-78-43-11-19-64)28-16-48-79-44-12-20-65;4*1-2;;;;;;;;;;;;;;;;;;/h21-24H,5-16,25-61H2,1-4H3;4*1H2;18*1H4. The van der Waals surface area contributed by atoms with Crippen molar-refractivity contribution in [3.63, 3.8) is 0 Å². The summed E-state index contributed by atoms with van der Waals surface area (Å²) < 4.78 is 47.5. The van der Waals surface area contributed by atoms with Crippen LogP contribution in [0.5, 0.6) is 0 Å². The molecule has 0 bridgehead atoms. The van der Waals surface area contributed by atoms with Gasteiger partial charge < -0.3 is 86.2 Å². The Balaban J connectivity index is -0.000000143. The minimum absolute atomic E-state index is 0. The molecule has 30 nitrogen and oxygen atoms in total. The second-order valence-electron chi connectivity index (χ2n) is 19.8. The van der Waals surface area contributed by atoms with Crippen LogP contribution in [0.2, 0.25) is 0 Å². The monoisotopic (exact) mass is 1640 g/mol. The van der Waals surface area contributed by atoms with Crippen molar-refractivity contribution in [3.8, 4) is 24.3 Å². The number of carbonyl (C=O) groups excluding carboxylic acids is 4. The Labute approximate surface area is 702 Å². The maximum Gasteiger partial charge on any atom is 0.140 e. The Hall–Kier alpha value is -6.04. The minimum atomic E-state index is 0. The zero-order chi connectivity index (χ0) is 71.1. The first-order chi connectivity index (χ1) is 47.0. The summed E-state index contributed by atoms with van der Waals surface area (Å²) in [5.41, 5.74) is 0. The highest BCUT2D eigenvalue weighted by molar-refractivity contribution is 5.56. The van der Waals surface area contributed by atoms with Gasteiger partial charge in [0.1, 0.15) is 53.6 Å². The fourth-order valence-electron chi connectivity index (χ4n) is 7.99. The van der Waals surface area contributed by atoms with Crippen LogP contribution < -0.4 is 0 Å². The number of carbonyl (C=O) groups is 4. The molecular weight excluding hydrogens is 1450 g/mol. The van der Waals surface area contributed by atoms with Gasteiger partial charge in [-0.3, -0.25) is 19.6 Å². The van der Waals surface area contributed by atoms with Gasteiger partial charge in [0.2, 0.25) is 0 Å². The maximum atomic E-state index is 9.09. The van der Waals surface area contributed by atoms with Crippen molar-refractivity contribution in [3.05, 3.63) is 0 Å². The zero-order valence-corrected chi connectivity index (χ0v) is 58.6. The van der Waals surface area contributed by atoms with Gasteiger partial charge in [0.05, 0.1) is 136 Å². The van der Waals surface area contributed by atoms with Crippen LogP contribution >= 0.6 is 0 Å². The molecule has 0 heterocycles. The lowest BCUT2D eigenvalue weighted by atomic mass is 10.3. The Morgan fingerprint density at radius 1 is 0.230 bits per heavy atom. The topological polar surface area (TPSA) is 343 Å². The van der Waals surface area contributed by atoms with E-state index in [0.29, 0.717) is 191 Å². The van der Waals surface area contributed by atoms with Crippen LogP contribution in [0, 0.1) is 45.3 Å². The Bertz CT molecular complexity index is 1610. The molecule has 0 aromatic carbocycles. The molecule has 0 radical (unpaired) electrons. The van der Waals surface area contributed by atoms with Crippen molar-refractivity contribution in [2.24, 2.45) is 20.6 Å². The Kier molecular flexibility index (Phi) is 244. The highest BCUT2D eigenvalue weighted by Gasteiger charge is 2.19. The second kappa shape index (κ2) is 162. The lowest BCUT2D eigenvalue weighted by Gasteiger charge is -2.36. The number of hydrogen-bond donors (Lipinski definition) is 0. The highest BCUT2D eigenvalue weighted by Crippen LogP contribution is 2.07. The lowest BCUT2D eigenvalue weighted by molar-refractivity contribution is -0.0987. The van der Waals surface area contributed by atoms with Crippen LogP contribution in [0.15, 0.2) is 20.6 Å². The van der Waals surface area contributed by atoms with Gasteiger partial charge in [-0.05, 0) is 51.4 Å². The first kappa shape index (κ1) is 170. The average molecular weight is 1640 g/mol. The number of oxime groups is 4. The number of ether oxygens (including phenoxy) is 8. The van der Waals surface area contributed by atoms with Gasteiger partial charge in [0.15, 0.2) is 0 Å². The molecule has 0 aliphatic carbocycles. The molecule has 0 atom stereocenters. The van der Waals surface area contributed by atoms with E-state index in [0.717, 1.165) is 130 Å². The van der Waals surface area contributed by atoms with Crippen molar-refractivity contribution < 1.29 is 76.4 Å². The first-order valence-electron chi connectivity index (χ1n) is 33.2. The van der Waals surface area contributed by atoms with Crippen LogP contribution in [0.25, 0.3) is 0 Å². The van der Waals surface area contributed by atoms with Gasteiger partial charge >= 0.3 is 0 Å². The summed E-state index contributed by atoms with van der Waals surface area (Å²) in [6.07, 6.45) is 14.8. The molecule has 0 saturated carbocycles. The predicted molar refractivity (Wildman–Crippen MR) is 488 cm³/mol. The molecule has 0 fully saturated rings. The largest absolute Gasteiger partial charge is 0.394 e. The Morgan fingerprint density at radius 2 is 0.398 bits per heavy atom. The average Bonchev–Trinajstić information content (AvgIpc) is 0.907. The number of nitrogens with zero attached hydrogens (tertiary/aromatic N) is 14. The number of hydrogen-bond acceptors (Lipinski definition) is 30. The third-order valence-corrected chi connectivity index (χ3v) is 12.6. The summed E-state index contributed by atoms with van der Waals surface area (Å²) in [7, 11) is 0. The fraction of sp³-hybridized carbons (Fsp3) is 0.855. The third kappa shape index (κ3) is 142. The minimum Gasteiger partial charge on any atom is -0.394 e. The van der Waals surface area contributed by atoms with Gasteiger partial charge in [-0.1, -0.05) is 182 Å². The van der Waals surface area contributed by atoms with Gasteiger partial charge in [-0.2, -0.15) is 21.0 Å². The third-order valence-electron chi connectivity index (χ3n) is 12.6. The Morgan fingerprint density at radius 3 is 0.575 bits per heavy atom. The normalized spacial score (nSPS) is 9.33. The quantitative estimate of drug-likeness (QED) is 0.0236. The lowest BCUT2D eigenvalue weighted by Crippen LogP contribution is -2.49. The summed E-state index contributed by atoms with van der Waals surface area (Å²) in [6, 6.07) is 8.66. The van der Waals surface area contributed by atoms with Gasteiger partial charge in [-0.15, -0.1) is 0 Å². The summed E-state index contributed by atoms with van der Waals surface area (Å²) in [5, 5.41) is 52.2. The summed E-state index contributed by atoms with van der Waals surface area (Å²) in [5.74, 6) is 0. The zero-order valence-electron chi connectivity index (χ0n) is 58.6. The number of rotatable bonds is 70. The molecule has 0 spiro atoms. The van der Waals surface area contributed by atoms with Gasteiger partial charge in [0, 0.05) is 156 Å². The van der Waals surface area contributed by atoms with E-state index in [1.165, 1.54) is 0 Å². The van der Waals surface area contributed by atoms with Gasteiger partial charge in [-0.25, -0.2) is 0 Å². The summed E-state index contributed by atoms with van der Waals surface area (Å²) in [6.45, 7) is 38.0. The molecule has 692 valence electrons. The molecule has 0 aromatic rings. The molecule has 0 amide bonds. The van der Waals surface area contributed by atoms with Crippen molar-refractivity contribution in [2.75, 3.05) is 244 Å². The summed E-state index contributed by atoms with van der Waals surface area (Å²) >= 11 is 0. The van der Waals surface area contributed by atoms with Crippen LogP contribution in [-0.4, -0.2) is 325 Å². The van der Waals surface area contributed by atoms with E-state index >= 15 is 0 Å². The van der Waals surface area contributed by atoms with Crippen molar-refractivity contribution in [1.29, 1.82) is 21.0 Å². The first-order valence-corrected chi connectivity index (χ1v) is 33.2. The fourth-order valence-corrected chi connectivity index (χ4v) is 7.99. The molecule has 0 unspecified atom stereocenters. The van der Waals surface area contributed by atoms with Crippen LogP contribution in [-0.2, 0) is 76.4 Å². The molecule has 113 heavy (non-hydrogen) atoms. The molecule has 0 aliphatic heterocycles. The maximum absolute atomic E-state index is 9.09. The molecule has 0 N–H and O–H groups in total. The van der Waals surface area contributed by atoms with E-state index in [4.69, 9.17) is 97.5 Å². The van der Waals surface area contributed by atoms with E-state index in [1.807, 2.05) is 54.9 Å². The van der Waals surface area contributed by atoms with E-state index < -0.39 is 0 Å².